The molecule has 0 radical (unpaired) electrons. The lowest BCUT2D eigenvalue weighted by Crippen LogP contribution is -2.48. The van der Waals surface area contributed by atoms with Gasteiger partial charge in [-0.15, -0.1) is 22.7 Å². The molecule has 1 saturated heterocycles. The second kappa shape index (κ2) is 6.91. The Morgan fingerprint density at radius 1 is 1.19 bits per heavy atom. The van der Waals surface area contributed by atoms with Crippen molar-refractivity contribution in [3.05, 3.63) is 57.4 Å². The van der Waals surface area contributed by atoms with E-state index in [4.69, 9.17) is 11.6 Å². The second-order valence-corrected chi connectivity index (χ2v) is 9.01. The highest BCUT2D eigenvalue weighted by Crippen LogP contribution is 2.29. The van der Waals surface area contributed by atoms with Crippen molar-refractivity contribution in [2.75, 3.05) is 26.2 Å². The quantitative estimate of drug-likeness (QED) is 0.502. The number of hydrogen-bond donors (Lipinski definition) is 0. The Labute approximate surface area is 169 Å². The molecule has 1 aliphatic heterocycles. The minimum absolute atomic E-state index is 0.115. The monoisotopic (exact) mass is 416 g/mol. The largest absolute Gasteiger partial charge is 0.335 e. The molecule has 8 heteroatoms. The maximum absolute atomic E-state index is 12.9. The summed E-state index contributed by atoms with van der Waals surface area (Å²) in [4.78, 5) is 24.5. The van der Waals surface area contributed by atoms with Gasteiger partial charge >= 0.3 is 0 Å². The number of nitrogens with zero attached hydrogens (tertiary/aromatic N) is 4. The van der Waals surface area contributed by atoms with Crippen LogP contribution in [0.1, 0.15) is 15.2 Å². The Bertz CT molecular complexity index is 1120. The van der Waals surface area contributed by atoms with Gasteiger partial charge in [0.05, 0.1) is 10.4 Å². The zero-order valence-electron chi connectivity index (χ0n) is 14.5. The summed E-state index contributed by atoms with van der Waals surface area (Å²) in [7, 11) is 0. The molecule has 1 aliphatic rings. The Morgan fingerprint density at radius 2 is 2.04 bits per heavy atom. The van der Waals surface area contributed by atoms with Gasteiger partial charge in [-0.2, -0.15) is 0 Å². The fourth-order valence-electron chi connectivity index (χ4n) is 3.51. The summed E-state index contributed by atoms with van der Waals surface area (Å²) in [5, 5.41) is 2.78. The molecule has 0 saturated carbocycles. The van der Waals surface area contributed by atoms with Crippen LogP contribution in [0, 0.1) is 0 Å². The minimum atomic E-state index is 0.115. The molecule has 1 aromatic carbocycles. The van der Waals surface area contributed by atoms with Gasteiger partial charge in [-0.05, 0) is 23.8 Å². The van der Waals surface area contributed by atoms with Gasteiger partial charge in [0.25, 0.3) is 5.91 Å². The van der Waals surface area contributed by atoms with Crippen molar-refractivity contribution in [3.63, 3.8) is 0 Å². The van der Waals surface area contributed by atoms with Crippen molar-refractivity contribution >= 4 is 55.5 Å². The molecule has 0 N–H and O–H groups in total. The Morgan fingerprint density at radius 3 is 2.85 bits per heavy atom. The highest BCUT2D eigenvalue weighted by molar-refractivity contribution is 7.21. The number of aromatic nitrogens is 2. The van der Waals surface area contributed by atoms with E-state index in [0.717, 1.165) is 57.9 Å². The summed E-state index contributed by atoms with van der Waals surface area (Å²) >= 11 is 9.17. The molecule has 0 aliphatic carbocycles. The number of rotatable bonds is 3. The van der Waals surface area contributed by atoms with Crippen molar-refractivity contribution in [1.82, 2.24) is 19.2 Å². The van der Waals surface area contributed by atoms with Crippen LogP contribution in [0.5, 0.6) is 0 Å². The number of benzene rings is 1. The van der Waals surface area contributed by atoms with Gasteiger partial charge in [0.1, 0.15) is 4.83 Å². The first-order valence-electron chi connectivity index (χ1n) is 8.78. The molecule has 3 aromatic heterocycles. The predicted octanol–water partition coefficient (Wildman–Crippen LogP) is 4.22. The second-order valence-electron chi connectivity index (χ2n) is 6.67. The van der Waals surface area contributed by atoms with Crippen LogP contribution < -0.4 is 0 Å². The van der Waals surface area contributed by atoms with Crippen molar-refractivity contribution in [3.8, 4) is 0 Å². The van der Waals surface area contributed by atoms with Gasteiger partial charge in [-0.25, -0.2) is 4.98 Å². The van der Waals surface area contributed by atoms with Gasteiger partial charge in [-0.1, -0.05) is 23.7 Å². The predicted molar refractivity (Wildman–Crippen MR) is 111 cm³/mol. The van der Waals surface area contributed by atoms with E-state index in [1.807, 2.05) is 40.7 Å². The number of thiazole rings is 1. The number of fused-ring (bicyclic) bond motifs is 3. The first-order chi connectivity index (χ1) is 13.2. The van der Waals surface area contributed by atoms with Gasteiger partial charge < -0.3 is 4.90 Å². The standard InChI is InChI=1S/C19H17ClN4OS2/c20-14-3-1-2-13(10-14)12-22-4-6-23(7-5-22)18(25)16-11-15-17(27-16)21-19-24(15)8-9-26-19/h1-3,8-11H,4-7,12H2. The number of carbonyl (C=O) groups excluding carboxylic acids is 1. The molecule has 1 amide bonds. The molecule has 5 nitrogen and oxygen atoms in total. The van der Waals surface area contributed by atoms with Crippen molar-refractivity contribution in [1.29, 1.82) is 0 Å². The Balaban J connectivity index is 1.26. The molecule has 5 rings (SSSR count). The van der Waals surface area contributed by atoms with Gasteiger partial charge in [-0.3, -0.25) is 14.1 Å². The van der Waals surface area contributed by atoms with Crippen LogP contribution in [0.4, 0.5) is 0 Å². The number of hydrogen-bond acceptors (Lipinski definition) is 5. The van der Waals surface area contributed by atoms with E-state index in [2.05, 4.69) is 20.4 Å². The lowest BCUT2D eigenvalue weighted by Gasteiger charge is -2.34. The average molecular weight is 417 g/mol. The summed E-state index contributed by atoms with van der Waals surface area (Å²) in [5.74, 6) is 0.115. The third kappa shape index (κ3) is 3.25. The average Bonchev–Trinajstić information content (AvgIpc) is 3.34. The Kier molecular flexibility index (Phi) is 4.40. The van der Waals surface area contributed by atoms with E-state index in [1.54, 1.807) is 11.3 Å². The molecule has 0 bridgehead atoms. The molecule has 0 unspecified atom stereocenters. The summed E-state index contributed by atoms with van der Waals surface area (Å²) in [6.45, 7) is 4.10. The third-order valence-electron chi connectivity index (χ3n) is 4.91. The summed E-state index contributed by atoms with van der Waals surface area (Å²) in [6, 6.07) is 9.95. The highest BCUT2D eigenvalue weighted by Gasteiger charge is 2.24. The molecule has 1 fully saturated rings. The minimum Gasteiger partial charge on any atom is -0.335 e. The topological polar surface area (TPSA) is 40.9 Å². The van der Waals surface area contributed by atoms with Gasteiger partial charge in [0.15, 0.2) is 4.96 Å². The summed E-state index contributed by atoms with van der Waals surface area (Å²) in [6.07, 6.45) is 2.00. The molecular formula is C19H17ClN4OS2. The molecule has 0 spiro atoms. The first kappa shape index (κ1) is 17.2. The molecule has 0 atom stereocenters. The summed E-state index contributed by atoms with van der Waals surface area (Å²) < 4.78 is 2.05. The van der Waals surface area contributed by atoms with Gasteiger partial charge in [0, 0.05) is 49.3 Å². The van der Waals surface area contributed by atoms with E-state index in [-0.39, 0.29) is 5.91 Å². The number of amides is 1. The smallest absolute Gasteiger partial charge is 0.264 e. The van der Waals surface area contributed by atoms with Gasteiger partial charge in [0.2, 0.25) is 0 Å². The van der Waals surface area contributed by atoms with E-state index in [1.165, 1.54) is 16.9 Å². The SMILES string of the molecule is O=C(c1cc2c(nc3sccn32)s1)N1CCN(Cc2cccc(Cl)c2)CC1. The zero-order chi connectivity index (χ0) is 18.4. The lowest BCUT2D eigenvalue weighted by molar-refractivity contribution is 0.0633. The summed E-state index contributed by atoms with van der Waals surface area (Å²) in [5.41, 5.74) is 2.24. The number of thiophene rings is 1. The molecule has 4 heterocycles. The van der Waals surface area contributed by atoms with Crippen LogP contribution in [-0.4, -0.2) is 51.3 Å². The number of piperazine rings is 1. The number of carbonyl (C=O) groups is 1. The molecular weight excluding hydrogens is 400 g/mol. The highest BCUT2D eigenvalue weighted by atomic mass is 35.5. The lowest BCUT2D eigenvalue weighted by atomic mass is 10.2. The van der Waals surface area contributed by atoms with Crippen molar-refractivity contribution < 1.29 is 4.79 Å². The Hall–Kier alpha value is -1.93. The third-order valence-corrected chi connectivity index (χ3v) is 6.90. The van der Waals surface area contributed by atoms with Crippen LogP contribution in [0.2, 0.25) is 5.02 Å². The number of imidazole rings is 1. The fourth-order valence-corrected chi connectivity index (χ4v) is 5.49. The van der Waals surface area contributed by atoms with Crippen LogP contribution in [0.3, 0.4) is 0 Å². The maximum atomic E-state index is 12.9. The molecule has 27 heavy (non-hydrogen) atoms. The van der Waals surface area contributed by atoms with Crippen LogP contribution in [0.25, 0.3) is 15.3 Å². The van der Waals surface area contributed by atoms with E-state index < -0.39 is 0 Å². The maximum Gasteiger partial charge on any atom is 0.264 e. The van der Waals surface area contributed by atoms with Crippen LogP contribution in [0.15, 0.2) is 41.9 Å². The normalized spacial score (nSPS) is 15.8. The van der Waals surface area contributed by atoms with E-state index in [0.29, 0.717) is 0 Å². The van der Waals surface area contributed by atoms with Crippen LogP contribution in [-0.2, 0) is 6.54 Å². The first-order valence-corrected chi connectivity index (χ1v) is 10.9. The van der Waals surface area contributed by atoms with Crippen LogP contribution >= 0.6 is 34.3 Å². The molecule has 4 aromatic rings. The molecule has 138 valence electrons. The van der Waals surface area contributed by atoms with E-state index in [9.17, 15) is 4.79 Å². The zero-order valence-corrected chi connectivity index (χ0v) is 16.9. The van der Waals surface area contributed by atoms with E-state index >= 15 is 0 Å². The number of halogens is 1. The van der Waals surface area contributed by atoms with Crippen molar-refractivity contribution in [2.45, 2.75) is 6.54 Å². The fraction of sp³-hybridized carbons (Fsp3) is 0.263. The van der Waals surface area contributed by atoms with Crippen molar-refractivity contribution in [2.24, 2.45) is 0 Å².